The third-order valence-corrected chi connectivity index (χ3v) is 4.63. The molecule has 106 valence electrons. The number of nitrogens with two attached hydrogens (primary N) is 1. The van der Waals surface area contributed by atoms with Crippen LogP contribution in [0.3, 0.4) is 0 Å². The fraction of sp³-hybridized carbons (Fsp3) is 0.933. The first-order valence-corrected chi connectivity index (χ1v) is 7.44. The Hall–Kier alpha value is -0.570. The second-order valence-electron chi connectivity index (χ2n) is 6.24. The van der Waals surface area contributed by atoms with Gasteiger partial charge >= 0.3 is 0 Å². The molecule has 3 nitrogen and oxygen atoms in total. The molecule has 1 saturated carbocycles. The summed E-state index contributed by atoms with van der Waals surface area (Å²) in [6, 6.07) is 0.326. The lowest BCUT2D eigenvalue weighted by Gasteiger charge is -2.35. The maximum absolute atomic E-state index is 12.5. The highest BCUT2D eigenvalue weighted by atomic mass is 16.2. The molecule has 1 amide bonds. The molecule has 1 aliphatic carbocycles. The molecule has 0 saturated heterocycles. The highest BCUT2D eigenvalue weighted by Gasteiger charge is 2.30. The first-order valence-electron chi connectivity index (χ1n) is 7.44. The summed E-state index contributed by atoms with van der Waals surface area (Å²) in [4.78, 5) is 14.4. The number of carbonyl (C=O) groups is 1. The largest absolute Gasteiger partial charge is 0.343 e. The lowest BCUT2D eigenvalue weighted by atomic mass is 9.79. The van der Waals surface area contributed by atoms with Gasteiger partial charge in [-0.3, -0.25) is 4.79 Å². The fourth-order valence-electron chi connectivity index (χ4n) is 2.95. The monoisotopic (exact) mass is 254 g/mol. The second-order valence-corrected chi connectivity index (χ2v) is 6.24. The molecule has 1 rings (SSSR count). The van der Waals surface area contributed by atoms with Gasteiger partial charge in [0.2, 0.25) is 5.91 Å². The molecule has 0 radical (unpaired) electrons. The molecular weight excluding hydrogens is 224 g/mol. The molecular formula is C15H30N2O. The Morgan fingerprint density at radius 1 is 1.33 bits per heavy atom. The van der Waals surface area contributed by atoms with Gasteiger partial charge in [-0.25, -0.2) is 0 Å². The van der Waals surface area contributed by atoms with E-state index in [1.165, 1.54) is 12.8 Å². The Labute approximate surface area is 112 Å². The van der Waals surface area contributed by atoms with Crippen LogP contribution in [-0.2, 0) is 4.79 Å². The lowest BCUT2D eigenvalue weighted by molar-refractivity contribution is -0.138. The van der Waals surface area contributed by atoms with E-state index in [9.17, 15) is 4.79 Å². The van der Waals surface area contributed by atoms with Gasteiger partial charge in [-0.15, -0.1) is 0 Å². The van der Waals surface area contributed by atoms with E-state index in [1.54, 1.807) is 0 Å². The van der Waals surface area contributed by atoms with E-state index in [0.29, 0.717) is 23.8 Å². The predicted molar refractivity (Wildman–Crippen MR) is 76.2 cm³/mol. The molecule has 1 fully saturated rings. The molecule has 0 aromatic rings. The maximum atomic E-state index is 12.5. The van der Waals surface area contributed by atoms with Gasteiger partial charge in [0.25, 0.3) is 0 Å². The van der Waals surface area contributed by atoms with Gasteiger partial charge in [0.05, 0.1) is 0 Å². The Morgan fingerprint density at radius 3 is 2.56 bits per heavy atom. The Morgan fingerprint density at radius 2 is 2.00 bits per heavy atom. The highest BCUT2D eigenvalue weighted by molar-refractivity contribution is 5.79. The average molecular weight is 254 g/mol. The summed E-state index contributed by atoms with van der Waals surface area (Å²) in [7, 11) is 1.96. The number of rotatable bonds is 5. The minimum atomic E-state index is 0.237. The fourth-order valence-corrected chi connectivity index (χ4v) is 2.95. The summed E-state index contributed by atoms with van der Waals surface area (Å²) >= 11 is 0. The van der Waals surface area contributed by atoms with Crippen LogP contribution in [0.2, 0.25) is 0 Å². The summed E-state index contributed by atoms with van der Waals surface area (Å²) in [6.07, 6.45) is 5.63. The summed E-state index contributed by atoms with van der Waals surface area (Å²) < 4.78 is 0. The molecule has 0 aromatic heterocycles. The van der Waals surface area contributed by atoms with Crippen molar-refractivity contribution >= 4 is 5.91 Å². The number of hydrogen-bond acceptors (Lipinski definition) is 2. The van der Waals surface area contributed by atoms with E-state index >= 15 is 0 Å². The molecule has 3 atom stereocenters. The lowest BCUT2D eigenvalue weighted by Crippen LogP contribution is -2.43. The molecule has 0 aromatic carbocycles. The van der Waals surface area contributed by atoms with Crippen molar-refractivity contribution in [1.82, 2.24) is 4.90 Å². The Kier molecular flexibility index (Phi) is 6.13. The number of carbonyl (C=O) groups excluding carboxylic acids is 1. The van der Waals surface area contributed by atoms with Gasteiger partial charge < -0.3 is 10.6 Å². The van der Waals surface area contributed by atoms with Gasteiger partial charge in [0.15, 0.2) is 0 Å². The zero-order chi connectivity index (χ0) is 13.7. The van der Waals surface area contributed by atoms with Crippen molar-refractivity contribution < 1.29 is 4.79 Å². The van der Waals surface area contributed by atoms with E-state index < -0.39 is 0 Å². The van der Waals surface area contributed by atoms with Crippen LogP contribution in [0.1, 0.15) is 52.9 Å². The van der Waals surface area contributed by atoms with Gasteiger partial charge in [-0.2, -0.15) is 0 Å². The third kappa shape index (κ3) is 3.98. The van der Waals surface area contributed by atoms with Crippen LogP contribution in [0.15, 0.2) is 0 Å². The highest BCUT2D eigenvalue weighted by Crippen LogP contribution is 2.32. The van der Waals surface area contributed by atoms with Gasteiger partial charge in [-0.1, -0.05) is 26.7 Å². The smallest absolute Gasteiger partial charge is 0.225 e. The van der Waals surface area contributed by atoms with Crippen LogP contribution in [0.25, 0.3) is 0 Å². The van der Waals surface area contributed by atoms with Crippen molar-refractivity contribution in [2.75, 3.05) is 13.6 Å². The normalized spacial score (nSPS) is 26.1. The minimum Gasteiger partial charge on any atom is -0.343 e. The van der Waals surface area contributed by atoms with E-state index in [0.717, 1.165) is 25.8 Å². The standard InChI is InChI=1S/C15H30N2O/c1-11(2)12(3)17(4)15(18)14-7-5-6-13(10-14)8-9-16/h11-14H,5-10,16H2,1-4H3. The molecule has 3 unspecified atom stereocenters. The van der Waals surface area contributed by atoms with E-state index in [1.807, 2.05) is 11.9 Å². The summed E-state index contributed by atoms with van der Waals surface area (Å²) in [5, 5.41) is 0. The second kappa shape index (κ2) is 7.13. The molecule has 1 aliphatic rings. The molecule has 18 heavy (non-hydrogen) atoms. The van der Waals surface area contributed by atoms with Crippen molar-refractivity contribution in [2.45, 2.75) is 58.9 Å². The Balaban J connectivity index is 2.55. The van der Waals surface area contributed by atoms with Crippen LogP contribution < -0.4 is 5.73 Å². The molecule has 0 bridgehead atoms. The molecule has 0 aliphatic heterocycles. The SMILES string of the molecule is CC(C)C(C)N(C)C(=O)C1CCCC(CCN)C1. The topological polar surface area (TPSA) is 46.3 Å². The quantitative estimate of drug-likeness (QED) is 0.820. The van der Waals surface area contributed by atoms with Crippen LogP contribution >= 0.6 is 0 Å². The van der Waals surface area contributed by atoms with Crippen molar-refractivity contribution in [3.05, 3.63) is 0 Å². The number of nitrogens with zero attached hydrogens (tertiary/aromatic N) is 1. The summed E-state index contributed by atoms with van der Waals surface area (Å²) in [5.74, 6) is 1.77. The third-order valence-electron chi connectivity index (χ3n) is 4.63. The molecule has 3 heteroatoms. The van der Waals surface area contributed by atoms with Gasteiger partial charge in [-0.05, 0) is 44.6 Å². The average Bonchev–Trinajstić information content (AvgIpc) is 2.36. The zero-order valence-electron chi connectivity index (χ0n) is 12.5. The Bertz CT molecular complexity index is 263. The summed E-state index contributed by atoms with van der Waals surface area (Å²) in [5.41, 5.74) is 5.63. The number of amides is 1. The van der Waals surface area contributed by atoms with E-state index in [-0.39, 0.29) is 5.92 Å². The van der Waals surface area contributed by atoms with Crippen LogP contribution in [0, 0.1) is 17.8 Å². The van der Waals surface area contributed by atoms with E-state index in [2.05, 4.69) is 20.8 Å². The zero-order valence-corrected chi connectivity index (χ0v) is 12.5. The van der Waals surface area contributed by atoms with Crippen LogP contribution in [-0.4, -0.2) is 30.4 Å². The number of hydrogen-bond donors (Lipinski definition) is 1. The van der Waals surface area contributed by atoms with Crippen LogP contribution in [0.4, 0.5) is 0 Å². The predicted octanol–water partition coefficient (Wildman–Crippen LogP) is 2.64. The molecule has 0 heterocycles. The summed E-state index contributed by atoms with van der Waals surface area (Å²) in [6.45, 7) is 7.24. The van der Waals surface area contributed by atoms with Crippen molar-refractivity contribution in [2.24, 2.45) is 23.5 Å². The van der Waals surface area contributed by atoms with Crippen molar-refractivity contribution in [3.63, 3.8) is 0 Å². The van der Waals surface area contributed by atoms with E-state index in [4.69, 9.17) is 5.73 Å². The van der Waals surface area contributed by atoms with Gasteiger partial charge in [0, 0.05) is 19.0 Å². The first kappa shape index (κ1) is 15.5. The van der Waals surface area contributed by atoms with Gasteiger partial charge in [0.1, 0.15) is 0 Å². The minimum absolute atomic E-state index is 0.237. The van der Waals surface area contributed by atoms with Crippen LogP contribution in [0.5, 0.6) is 0 Å². The molecule has 0 spiro atoms. The first-order chi connectivity index (χ1) is 8.47. The van der Waals surface area contributed by atoms with Crippen molar-refractivity contribution in [1.29, 1.82) is 0 Å². The molecule has 2 N–H and O–H groups in total. The van der Waals surface area contributed by atoms with Crippen molar-refractivity contribution in [3.8, 4) is 0 Å². The maximum Gasteiger partial charge on any atom is 0.225 e.